The van der Waals surface area contributed by atoms with Gasteiger partial charge in [-0.05, 0) is 44.2 Å². The van der Waals surface area contributed by atoms with Crippen LogP contribution in [0.4, 0.5) is 11.4 Å². The SMILES string of the molecule is CCOc1ccc(NC(=O)[C@H](C)Oc2ccc(Cl)cc2Cl)c([N+](=O)[O-])c1. The highest BCUT2D eigenvalue weighted by molar-refractivity contribution is 6.35. The van der Waals surface area contributed by atoms with Crippen LogP contribution in [-0.4, -0.2) is 23.5 Å². The van der Waals surface area contributed by atoms with Gasteiger partial charge in [0, 0.05) is 5.02 Å². The van der Waals surface area contributed by atoms with Gasteiger partial charge in [0.05, 0.1) is 22.6 Å². The number of rotatable bonds is 7. The molecule has 2 rings (SSSR count). The number of halogens is 2. The summed E-state index contributed by atoms with van der Waals surface area (Å²) < 4.78 is 10.7. The first-order valence-corrected chi connectivity index (χ1v) is 8.41. The molecule has 0 bridgehead atoms. The van der Waals surface area contributed by atoms with E-state index in [1.54, 1.807) is 13.0 Å². The van der Waals surface area contributed by atoms with Crippen LogP contribution >= 0.6 is 23.2 Å². The molecule has 7 nitrogen and oxygen atoms in total. The Morgan fingerprint density at radius 3 is 2.62 bits per heavy atom. The van der Waals surface area contributed by atoms with Gasteiger partial charge in [-0.3, -0.25) is 14.9 Å². The number of carbonyl (C=O) groups is 1. The van der Waals surface area contributed by atoms with E-state index in [1.807, 2.05) is 0 Å². The molecule has 1 atom stereocenters. The maximum Gasteiger partial charge on any atom is 0.296 e. The number of benzene rings is 2. The summed E-state index contributed by atoms with van der Waals surface area (Å²) in [4.78, 5) is 23.0. The average Bonchev–Trinajstić information content (AvgIpc) is 2.58. The van der Waals surface area contributed by atoms with E-state index in [-0.39, 0.29) is 22.1 Å². The molecule has 0 radical (unpaired) electrons. The largest absolute Gasteiger partial charge is 0.494 e. The summed E-state index contributed by atoms with van der Waals surface area (Å²) in [6.45, 7) is 3.64. The highest BCUT2D eigenvalue weighted by Crippen LogP contribution is 2.30. The minimum atomic E-state index is -0.945. The van der Waals surface area contributed by atoms with Gasteiger partial charge in [0.1, 0.15) is 17.2 Å². The van der Waals surface area contributed by atoms with Crippen LogP contribution in [0.5, 0.6) is 11.5 Å². The molecule has 2 aromatic carbocycles. The van der Waals surface area contributed by atoms with Crippen molar-refractivity contribution in [2.75, 3.05) is 11.9 Å². The fourth-order valence-corrected chi connectivity index (χ4v) is 2.53. The monoisotopic (exact) mass is 398 g/mol. The lowest BCUT2D eigenvalue weighted by Gasteiger charge is -2.16. The van der Waals surface area contributed by atoms with Crippen molar-refractivity contribution >= 4 is 40.5 Å². The summed E-state index contributed by atoms with van der Waals surface area (Å²) >= 11 is 11.8. The molecule has 0 saturated heterocycles. The molecule has 0 unspecified atom stereocenters. The Balaban J connectivity index is 2.14. The second kappa shape index (κ2) is 8.73. The zero-order valence-corrected chi connectivity index (χ0v) is 15.5. The highest BCUT2D eigenvalue weighted by atomic mass is 35.5. The van der Waals surface area contributed by atoms with Crippen molar-refractivity contribution in [2.45, 2.75) is 20.0 Å². The van der Waals surface area contributed by atoms with E-state index in [0.29, 0.717) is 17.4 Å². The van der Waals surface area contributed by atoms with Gasteiger partial charge in [-0.25, -0.2) is 0 Å². The first-order valence-electron chi connectivity index (χ1n) is 7.65. The average molecular weight is 399 g/mol. The Morgan fingerprint density at radius 1 is 1.27 bits per heavy atom. The molecule has 2 aromatic rings. The Bertz CT molecular complexity index is 829. The molecule has 0 aromatic heterocycles. The molecule has 9 heteroatoms. The summed E-state index contributed by atoms with van der Waals surface area (Å²) in [5.41, 5.74) is -0.234. The van der Waals surface area contributed by atoms with E-state index < -0.39 is 16.9 Å². The molecule has 0 fully saturated rings. The predicted octanol–water partition coefficient (Wildman–Crippen LogP) is 4.71. The first kappa shape index (κ1) is 19.8. The van der Waals surface area contributed by atoms with Gasteiger partial charge in [-0.15, -0.1) is 0 Å². The molecule has 0 spiro atoms. The van der Waals surface area contributed by atoms with E-state index >= 15 is 0 Å². The zero-order chi connectivity index (χ0) is 19.3. The van der Waals surface area contributed by atoms with Crippen molar-refractivity contribution in [2.24, 2.45) is 0 Å². The van der Waals surface area contributed by atoms with Crippen molar-refractivity contribution in [3.05, 3.63) is 56.6 Å². The number of nitrogens with zero attached hydrogens (tertiary/aromatic N) is 1. The fraction of sp³-hybridized carbons (Fsp3) is 0.235. The standard InChI is InChI=1S/C17H16Cl2N2O5/c1-3-25-12-5-6-14(15(9-12)21(23)24)20-17(22)10(2)26-16-7-4-11(18)8-13(16)19/h4-10H,3H2,1-2H3,(H,20,22)/t10-/m0/s1. The van der Waals surface area contributed by atoms with Crippen LogP contribution < -0.4 is 14.8 Å². The van der Waals surface area contributed by atoms with Crippen LogP contribution in [-0.2, 0) is 4.79 Å². The third kappa shape index (κ3) is 5.00. The lowest BCUT2D eigenvalue weighted by molar-refractivity contribution is -0.384. The van der Waals surface area contributed by atoms with Gasteiger partial charge >= 0.3 is 0 Å². The van der Waals surface area contributed by atoms with Crippen molar-refractivity contribution in [1.29, 1.82) is 0 Å². The van der Waals surface area contributed by atoms with Gasteiger partial charge in [0.15, 0.2) is 6.10 Å². The summed E-state index contributed by atoms with van der Waals surface area (Å²) in [6, 6.07) is 8.79. The van der Waals surface area contributed by atoms with Crippen molar-refractivity contribution in [3.8, 4) is 11.5 Å². The second-order valence-electron chi connectivity index (χ2n) is 5.19. The molecule has 0 aliphatic rings. The zero-order valence-electron chi connectivity index (χ0n) is 14.0. The predicted molar refractivity (Wildman–Crippen MR) is 99.4 cm³/mol. The third-order valence-electron chi connectivity index (χ3n) is 3.30. The number of ether oxygens (including phenoxy) is 2. The van der Waals surface area contributed by atoms with Crippen molar-refractivity contribution in [1.82, 2.24) is 0 Å². The highest BCUT2D eigenvalue weighted by Gasteiger charge is 2.22. The van der Waals surface area contributed by atoms with Crippen molar-refractivity contribution < 1.29 is 19.2 Å². The summed E-state index contributed by atoms with van der Waals surface area (Å²) in [7, 11) is 0. The Kier molecular flexibility index (Phi) is 6.65. The molecule has 0 aliphatic carbocycles. The minimum absolute atomic E-state index is 0.0427. The molecule has 26 heavy (non-hydrogen) atoms. The third-order valence-corrected chi connectivity index (χ3v) is 3.83. The van der Waals surface area contributed by atoms with Crippen LogP contribution in [0.2, 0.25) is 10.0 Å². The molecule has 1 N–H and O–H groups in total. The quantitative estimate of drug-likeness (QED) is 0.538. The van der Waals surface area contributed by atoms with Crippen LogP contribution in [0.15, 0.2) is 36.4 Å². The molecule has 0 saturated carbocycles. The molecule has 0 aliphatic heterocycles. The van der Waals surface area contributed by atoms with Gasteiger partial charge in [-0.1, -0.05) is 23.2 Å². The molecule has 138 valence electrons. The number of hydrogen-bond acceptors (Lipinski definition) is 5. The molecular formula is C17H16Cl2N2O5. The van der Waals surface area contributed by atoms with E-state index in [0.717, 1.165) is 0 Å². The molecule has 0 heterocycles. The minimum Gasteiger partial charge on any atom is -0.494 e. The number of anilines is 1. The fourth-order valence-electron chi connectivity index (χ4n) is 2.07. The maximum atomic E-state index is 12.3. The summed E-state index contributed by atoms with van der Waals surface area (Å²) in [6.07, 6.45) is -0.945. The van der Waals surface area contributed by atoms with E-state index in [1.165, 1.54) is 37.3 Å². The van der Waals surface area contributed by atoms with Crippen LogP contribution in [0.1, 0.15) is 13.8 Å². The van der Waals surface area contributed by atoms with Crippen LogP contribution in [0.3, 0.4) is 0 Å². The lowest BCUT2D eigenvalue weighted by atomic mass is 10.2. The van der Waals surface area contributed by atoms with E-state index in [2.05, 4.69) is 5.32 Å². The molecular weight excluding hydrogens is 383 g/mol. The normalized spacial score (nSPS) is 11.5. The number of amides is 1. The maximum absolute atomic E-state index is 12.3. The van der Waals surface area contributed by atoms with Crippen LogP contribution in [0, 0.1) is 10.1 Å². The Morgan fingerprint density at radius 2 is 2.00 bits per heavy atom. The van der Waals surface area contributed by atoms with Crippen LogP contribution in [0.25, 0.3) is 0 Å². The van der Waals surface area contributed by atoms with Gasteiger partial charge < -0.3 is 14.8 Å². The lowest BCUT2D eigenvalue weighted by Crippen LogP contribution is -2.30. The number of nitro groups is 1. The Labute approximate surface area is 160 Å². The smallest absolute Gasteiger partial charge is 0.296 e. The summed E-state index contributed by atoms with van der Waals surface area (Å²) in [5, 5.41) is 14.4. The van der Waals surface area contributed by atoms with Gasteiger partial charge in [0.25, 0.3) is 11.6 Å². The van der Waals surface area contributed by atoms with Gasteiger partial charge in [-0.2, -0.15) is 0 Å². The molecule has 1 amide bonds. The second-order valence-corrected chi connectivity index (χ2v) is 6.04. The van der Waals surface area contributed by atoms with Crippen molar-refractivity contribution in [3.63, 3.8) is 0 Å². The van der Waals surface area contributed by atoms with E-state index in [4.69, 9.17) is 32.7 Å². The first-order chi connectivity index (χ1) is 12.3. The number of nitro benzene ring substituents is 1. The topological polar surface area (TPSA) is 90.7 Å². The van der Waals surface area contributed by atoms with Gasteiger partial charge in [0.2, 0.25) is 0 Å². The number of nitrogens with one attached hydrogen (secondary N) is 1. The Hall–Kier alpha value is -2.51. The summed E-state index contributed by atoms with van der Waals surface area (Å²) in [5.74, 6) is 0.0534. The number of hydrogen-bond donors (Lipinski definition) is 1. The number of carbonyl (C=O) groups excluding carboxylic acids is 1. The van der Waals surface area contributed by atoms with E-state index in [9.17, 15) is 14.9 Å².